The summed E-state index contributed by atoms with van der Waals surface area (Å²) in [5.74, 6) is -1.17. The fraction of sp³-hybridized carbons (Fsp3) is 0.385. The summed E-state index contributed by atoms with van der Waals surface area (Å²) in [5.41, 5.74) is 2.27. The number of rotatable bonds is 5. The molecule has 1 aromatic carbocycles. The van der Waals surface area contributed by atoms with E-state index in [1.54, 1.807) is 0 Å². The zero-order valence-electron chi connectivity index (χ0n) is 10.1. The lowest BCUT2D eigenvalue weighted by Gasteiger charge is -2.13. The molecule has 0 aliphatic carbocycles. The van der Waals surface area contributed by atoms with Crippen molar-refractivity contribution in [1.29, 1.82) is 0 Å². The number of nitrogens with one attached hydrogen (secondary N) is 1. The van der Waals surface area contributed by atoms with Crippen LogP contribution >= 0.6 is 0 Å². The van der Waals surface area contributed by atoms with Crippen LogP contribution < -0.4 is 5.32 Å². The molecule has 2 N–H and O–H groups in total. The standard InChI is InChI=1S/C13H17NO3/c1-9-5-3-4-6-11(9)10(2)7-12(15)14-8-13(16)17/h3-6,10H,7-8H2,1-2H3,(H,14,15)(H,16,17). The van der Waals surface area contributed by atoms with Gasteiger partial charge in [0.25, 0.3) is 0 Å². The molecule has 0 saturated carbocycles. The molecule has 4 nitrogen and oxygen atoms in total. The molecule has 0 spiro atoms. The number of carboxylic acids is 1. The number of aryl methyl sites for hydroxylation is 1. The molecule has 0 saturated heterocycles. The molecule has 0 bridgehead atoms. The van der Waals surface area contributed by atoms with Gasteiger partial charge in [-0.2, -0.15) is 0 Å². The fourth-order valence-electron chi connectivity index (χ4n) is 1.77. The molecule has 1 unspecified atom stereocenters. The molecule has 1 amide bonds. The summed E-state index contributed by atoms with van der Waals surface area (Å²) in [6, 6.07) is 7.88. The third-order valence-electron chi connectivity index (χ3n) is 2.65. The quantitative estimate of drug-likeness (QED) is 0.816. The van der Waals surface area contributed by atoms with Crippen molar-refractivity contribution in [3.8, 4) is 0 Å². The van der Waals surface area contributed by atoms with Crippen molar-refractivity contribution in [2.24, 2.45) is 0 Å². The summed E-state index contributed by atoms with van der Waals surface area (Å²) in [4.78, 5) is 21.8. The molecule has 1 atom stereocenters. The van der Waals surface area contributed by atoms with Crippen LogP contribution in [0, 0.1) is 6.92 Å². The average molecular weight is 235 g/mol. The molecule has 92 valence electrons. The highest BCUT2D eigenvalue weighted by Gasteiger charge is 2.13. The second-order valence-electron chi connectivity index (χ2n) is 4.13. The largest absolute Gasteiger partial charge is 0.480 e. The lowest BCUT2D eigenvalue weighted by molar-refractivity contribution is -0.138. The molecule has 0 radical (unpaired) electrons. The highest BCUT2D eigenvalue weighted by atomic mass is 16.4. The van der Waals surface area contributed by atoms with Gasteiger partial charge >= 0.3 is 5.97 Å². The van der Waals surface area contributed by atoms with Crippen LogP contribution in [0.1, 0.15) is 30.4 Å². The van der Waals surface area contributed by atoms with Gasteiger partial charge < -0.3 is 10.4 Å². The first kappa shape index (κ1) is 13.2. The molecule has 1 aromatic rings. The van der Waals surface area contributed by atoms with Crippen molar-refractivity contribution < 1.29 is 14.7 Å². The molecule has 0 aromatic heterocycles. The Balaban J connectivity index is 2.55. The van der Waals surface area contributed by atoms with Crippen molar-refractivity contribution in [3.05, 3.63) is 35.4 Å². The molecule has 4 heteroatoms. The predicted octanol–water partition coefficient (Wildman–Crippen LogP) is 1.69. The zero-order chi connectivity index (χ0) is 12.8. The van der Waals surface area contributed by atoms with Crippen molar-refractivity contribution in [2.45, 2.75) is 26.2 Å². The van der Waals surface area contributed by atoms with Gasteiger partial charge in [0.1, 0.15) is 6.54 Å². The van der Waals surface area contributed by atoms with Crippen LogP contribution in [0.3, 0.4) is 0 Å². The van der Waals surface area contributed by atoms with Crippen LogP contribution in [0.25, 0.3) is 0 Å². The minimum atomic E-state index is -1.03. The van der Waals surface area contributed by atoms with E-state index in [4.69, 9.17) is 5.11 Å². The smallest absolute Gasteiger partial charge is 0.322 e. The topological polar surface area (TPSA) is 66.4 Å². The Morgan fingerprint density at radius 3 is 2.59 bits per heavy atom. The second kappa shape index (κ2) is 6.03. The van der Waals surface area contributed by atoms with Crippen LogP contribution in [0.2, 0.25) is 0 Å². The van der Waals surface area contributed by atoms with E-state index < -0.39 is 5.97 Å². The number of carbonyl (C=O) groups is 2. The Morgan fingerprint density at radius 1 is 1.35 bits per heavy atom. The van der Waals surface area contributed by atoms with Crippen LogP contribution in [-0.4, -0.2) is 23.5 Å². The van der Waals surface area contributed by atoms with Gasteiger partial charge in [-0.3, -0.25) is 9.59 Å². The van der Waals surface area contributed by atoms with Gasteiger partial charge in [-0.25, -0.2) is 0 Å². The van der Waals surface area contributed by atoms with Crippen molar-refractivity contribution in [3.63, 3.8) is 0 Å². The van der Waals surface area contributed by atoms with E-state index in [1.807, 2.05) is 38.1 Å². The van der Waals surface area contributed by atoms with Crippen molar-refractivity contribution >= 4 is 11.9 Å². The monoisotopic (exact) mass is 235 g/mol. The maximum Gasteiger partial charge on any atom is 0.322 e. The highest BCUT2D eigenvalue weighted by Crippen LogP contribution is 2.21. The zero-order valence-corrected chi connectivity index (χ0v) is 10.1. The van der Waals surface area contributed by atoms with Crippen molar-refractivity contribution in [2.75, 3.05) is 6.54 Å². The van der Waals surface area contributed by atoms with Gasteiger partial charge in [-0.15, -0.1) is 0 Å². The minimum absolute atomic E-state index is 0.0880. The number of carbonyl (C=O) groups excluding carboxylic acids is 1. The van der Waals surface area contributed by atoms with Gasteiger partial charge in [0, 0.05) is 6.42 Å². The van der Waals surface area contributed by atoms with E-state index in [0.29, 0.717) is 6.42 Å². The third kappa shape index (κ3) is 4.26. The van der Waals surface area contributed by atoms with E-state index >= 15 is 0 Å². The summed E-state index contributed by atoms with van der Waals surface area (Å²) < 4.78 is 0. The molecular weight excluding hydrogens is 218 g/mol. The fourth-order valence-corrected chi connectivity index (χ4v) is 1.77. The lowest BCUT2D eigenvalue weighted by Crippen LogP contribution is -2.30. The first-order valence-corrected chi connectivity index (χ1v) is 5.54. The van der Waals surface area contributed by atoms with Gasteiger partial charge in [0.05, 0.1) is 0 Å². The van der Waals surface area contributed by atoms with E-state index in [9.17, 15) is 9.59 Å². The number of hydrogen-bond donors (Lipinski definition) is 2. The van der Waals surface area contributed by atoms with E-state index in [1.165, 1.54) is 0 Å². The van der Waals surface area contributed by atoms with Gasteiger partial charge in [0.2, 0.25) is 5.91 Å². The summed E-state index contributed by atoms with van der Waals surface area (Å²) in [6.07, 6.45) is 0.304. The minimum Gasteiger partial charge on any atom is -0.480 e. The Kier molecular flexibility index (Phi) is 4.69. The maximum absolute atomic E-state index is 11.5. The first-order valence-electron chi connectivity index (χ1n) is 5.54. The molecule has 17 heavy (non-hydrogen) atoms. The SMILES string of the molecule is Cc1ccccc1C(C)CC(=O)NCC(=O)O. The second-order valence-corrected chi connectivity index (χ2v) is 4.13. The number of hydrogen-bond acceptors (Lipinski definition) is 2. The van der Waals surface area contributed by atoms with E-state index in [0.717, 1.165) is 11.1 Å². The van der Waals surface area contributed by atoms with Crippen LogP contribution in [0.4, 0.5) is 0 Å². The van der Waals surface area contributed by atoms with Crippen molar-refractivity contribution in [1.82, 2.24) is 5.32 Å². The molecule has 0 heterocycles. The third-order valence-corrected chi connectivity index (χ3v) is 2.65. The van der Waals surface area contributed by atoms with Crippen LogP contribution in [0.15, 0.2) is 24.3 Å². The number of benzene rings is 1. The van der Waals surface area contributed by atoms with Gasteiger partial charge in [-0.1, -0.05) is 31.2 Å². The Labute approximate surface area is 101 Å². The predicted molar refractivity (Wildman–Crippen MR) is 64.9 cm³/mol. The summed E-state index contributed by atoms with van der Waals surface area (Å²) in [6.45, 7) is 3.64. The van der Waals surface area contributed by atoms with E-state index in [2.05, 4.69) is 5.32 Å². The summed E-state index contributed by atoms with van der Waals surface area (Å²) in [5, 5.41) is 10.8. The molecule has 0 aliphatic rings. The summed E-state index contributed by atoms with van der Waals surface area (Å²) in [7, 11) is 0. The van der Waals surface area contributed by atoms with E-state index in [-0.39, 0.29) is 18.4 Å². The van der Waals surface area contributed by atoms with Gasteiger partial charge in [0.15, 0.2) is 0 Å². The Morgan fingerprint density at radius 2 is 2.00 bits per heavy atom. The first-order chi connectivity index (χ1) is 8.00. The van der Waals surface area contributed by atoms with Crippen LogP contribution in [-0.2, 0) is 9.59 Å². The highest BCUT2D eigenvalue weighted by molar-refractivity contribution is 5.81. The Bertz CT molecular complexity index is 415. The average Bonchev–Trinajstić information content (AvgIpc) is 2.26. The Hall–Kier alpha value is -1.84. The number of carboxylic acid groups (broad SMARTS) is 1. The van der Waals surface area contributed by atoms with Crippen LogP contribution in [0.5, 0.6) is 0 Å². The molecular formula is C13H17NO3. The molecule has 0 fully saturated rings. The number of amides is 1. The summed E-state index contributed by atoms with van der Waals surface area (Å²) >= 11 is 0. The number of aliphatic carboxylic acids is 1. The molecule has 0 aliphatic heterocycles. The normalized spacial score (nSPS) is 11.9. The lowest BCUT2D eigenvalue weighted by atomic mass is 9.93. The maximum atomic E-state index is 11.5. The molecule has 1 rings (SSSR count). The van der Waals surface area contributed by atoms with Gasteiger partial charge in [-0.05, 0) is 24.0 Å².